The van der Waals surface area contributed by atoms with Crippen LogP contribution in [0.25, 0.3) is 16.1 Å². The molecular weight excluding hydrogens is 236 g/mol. The molecule has 0 unspecified atom stereocenters. The number of rotatable bonds is 2. The Kier molecular flexibility index (Phi) is 3.16. The van der Waals surface area contributed by atoms with Gasteiger partial charge in [0, 0.05) is 0 Å². The Morgan fingerprint density at radius 2 is 1.81 bits per heavy atom. The summed E-state index contributed by atoms with van der Waals surface area (Å²) in [5, 5.41) is 16.7. The van der Waals surface area contributed by atoms with Gasteiger partial charge < -0.3 is 0 Å². The van der Waals surface area contributed by atoms with Crippen LogP contribution in [-0.4, -0.2) is 0 Å². The summed E-state index contributed by atoms with van der Waals surface area (Å²) in [5.74, 6) is 0. The third-order valence-corrected chi connectivity index (χ3v) is 3.43. The molecule has 0 aliphatic rings. The molecule has 2 rings (SSSR count). The fourth-order valence-corrected chi connectivity index (χ4v) is 2.61. The number of hydrogen-bond acceptors (Lipinski definition) is 3. The van der Waals surface area contributed by atoms with Crippen LogP contribution in [0.5, 0.6) is 0 Å². The standard InChI is InChI=1S/C12H6N2S2/c1-14-12(10-3-5-16-8-10)11(6-13)9-2-4-15-7-9/h2-5,7-8H/b12-11+. The molecule has 2 aromatic rings. The molecule has 4 heteroatoms. The minimum absolute atomic E-state index is 0.433. The zero-order valence-electron chi connectivity index (χ0n) is 8.18. The fourth-order valence-electron chi connectivity index (χ4n) is 1.32. The molecule has 0 spiro atoms. The lowest BCUT2D eigenvalue weighted by Gasteiger charge is -1.98. The quantitative estimate of drug-likeness (QED) is 0.575. The predicted octanol–water partition coefficient (Wildman–Crippen LogP) is 4.12. The number of nitrogens with zero attached hydrogens (tertiary/aromatic N) is 2. The minimum atomic E-state index is 0.433. The van der Waals surface area contributed by atoms with E-state index in [9.17, 15) is 0 Å². The van der Waals surface area contributed by atoms with Gasteiger partial charge >= 0.3 is 0 Å². The van der Waals surface area contributed by atoms with Crippen LogP contribution in [-0.2, 0) is 0 Å². The maximum absolute atomic E-state index is 9.16. The zero-order chi connectivity index (χ0) is 11.4. The summed E-state index contributed by atoms with van der Waals surface area (Å²) in [7, 11) is 0. The average molecular weight is 242 g/mol. The van der Waals surface area contributed by atoms with E-state index in [4.69, 9.17) is 11.8 Å². The monoisotopic (exact) mass is 242 g/mol. The molecule has 0 aliphatic carbocycles. The molecule has 0 saturated carbocycles. The lowest BCUT2D eigenvalue weighted by atomic mass is 10.1. The van der Waals surface area contributed by atoms with Crippen LogP contribution < -0.4 is 0 Å². The van der Waals surface area contributed by atoms with Crippen molar-refractivity contribution in [1.29, 1.82) is 5.26 Å². The van der Waals surface area contributed by atoms with Gasteiger partial charge in [-0.1, -0.05) is 6.07 Å². The molecule has 0 saturated heterocycles. The lowest BCUT2D eigenvalue weighted by Crippen LogP contribution is -1.83. The second-order valence-corrected chi connectivity index (χ2v) is 4.53. The van der Waals surface area contributed by atoms with E-state index in [0.29, 0.717) is 11.3 Å². The van der Waals surface area contributed by atoms with Gasteiger partial charge in [0.15, 0.2) is 0 Å². The summed E-state index contributed by atoms with van der Waals surface area (Å²) in [6.07, 6.45) is 0. The van der Waals surface area contributed by atoms with E-state index in [1.54, 1.807) is 0 Å². The Hall–Kier alpha value is -1.88. The van der Waals surface area contributed by atoms with Gasteiger partial charge in [-0.25, -0.2) is 4.85 Å². The molecule has 0 atom stereocenters. The molecule has 0 N–H and O–H groups in total. The zero-order valence-corrected chi connectivity index (χ0v) is 9.81. The Morgan fingerprint density at radius 3 is 2.25 bits per heavy atom. The van der Waals surface area contributed by atoms with Crippen LogP contribution in [0, 0.1) is 17.9 Å². The summed E-state index contributed by atoms with van der Waals surface area (Å²) in [4.78, 5) is 3.48. The van der Waals surface area contributed by atoms with Gasteiger partial charge in [-0.05, 0) is 38.7 Å². The van der Waals surface area contributed by atoms with Crippen molar-refractivity contribution in [2.24, 2.45) is 0 Å². The van der Waals surface area contributed by atoms with Gasteiger partial charge in [-0.3, -0.25) is 0 Å². The summed E-state index contributed by atoms with van der Waals surface area (Å²) >= 11 is 3.05. The highest BCUT2D eigenvalue weighted by Gasteiger charge is 2.12. The lowest BCUT2D eigenvalue weighted by molar-refractivity contribution is 1.53. The van der Waals surface area contributed by atoms with Crippen molar-refractivity contribution in [3.8, 4) is 6.07 Å². The molecule has 2 aromatic heterocycles. The van der Waals surface area contributed by atoms with Gasteiger partial charge in [0.1, 0.15) is 0 Å². The van der Waals surface area contributed by atoms with Gasteiger partial charge in [-0.15, -0.1) is 0 Å². The minimum Gasteiger partial charge on any atom is -0.236 e. The first-order valence-electron chi connectivity index (χ1n) is 4.43. The van der Waals surface area contributed by atoms with Crippen molar-refractivity contribution in [3.63, 3.8) is 0 Å². The van der Waals surface area contributed by atoms with Crippen LogP contribution in [0.1, 0.15) is 11.1 Å². The van der Waals surface area contributed by atoms with Crippen LogP contribution in [0.4, 0.5) is 0 Å². The first-order chi connectivity index (χ1) is 7.86. The van der Waals surface area contributed by atoms with Gasteiger partial charge in [0.05, 0.1) is 18.2 Å². The van der Waals surface area contributed by atoms with Crippen LogP contribution >= 0.6 is 22.7 Å². The van der Waals surface area contributed by atoms with E-state index in [1.807, 2.05) is 33.7 Å². The predicted molar refractivity (Wildman–Crippen MR) is 67.7 cm³/mol. The SMILES string of the molecule is [C-]#[N+]/C(=C(\C#N)c1ccsc1)c1ccsc1. The van der Waals surface area contributed by atoms with Crippen molar-refractivity contribution >= 4 is 33.9 Å². The van der Waals surface area contributed by atoms with E-state index >= 15 is 0 Å². The summed E-state index contributed by atoms with van der Waals surface area (Å²) < 4.78 is 0. The van der Waals surface area contributed by atoms with Gasteiger partial charge in [-0.2, -0.15) is 27.9 Å². The molecule has 0 aromatic carbocycles. The van der Waals surface area contributed by atoms with E-state index in [2.05, 4.69) is 10.9 Å². The van der Waals surface area contributed by atoms with Crippen molar-refractivity contribution < 1.29 is 0 Å². The van der Waals surface area contributed by atoms with Crippen LogP contribution in [0.2, 0.25) is 0 Å². The van der Waals surface area contributed by atoms with Crippen molar-refractivity contribution in [3.05, 3.63) is 56.2 Å². The van der Waals surface area contributed by atoms with Crippen LogP contribution in [0.3, 0.4) is 0 Å². The molecule has 2 nitrogen and oxygen atoms in total. The van der Waals surface area contributed by atoms with Gasteiger partial charge in [0.2, 0.25) is 5.70 Å². The number of allylic oxidation sites excluding steroid dienone is 1. The van der Waals surface area contributed by atoms with Crippen molar-refractivity contribution in [1.82, 2.24) is 0 Å². The maximum atomic E-state index is 9.16. The molecule has 0 fully saturated rings. The Bertz CT molecular complexity index is 524. The second kappa shape index (κ2) is 4.76. The van der Waals surface area contributed by atoms with Crippen molar-refractivity contribution in [2.45, 2.75) is 0 Å². The average Bonchev–Trinajstić information content (AvgIpc) is 2.97. The van der Waals surface area contributed by atoms with E-state index < -0.39 is 0 Å². The largest absolute Gasteiger partial charge is 0.236 e. The van der Waals surface area contributed by atoms with Crippen LogP contribution in [0.15, 0.2) is 33.7 Å². The smallest absolute Gasteiger partial charge is 0.213 e. The molecule has 0 amide bonds. The molecule has 0 aliphatic heterocycles. The highest BCUT2D eigenvalue weighted by Crippen LogP contribution is 2.29. The summed E-state index contributed by atoms with van der Waals surface area (Å²) in [6, 6.07) is 5.85. The Morgan fingerprint density at radius 1 is 1.19 bits per heavy atom. The summed E-state index contributed by atoms with van der Waals surface area (Å²) in [5.41, 5.74) is 2.53. The normalized spacial score (nSPS) is 11.4. The molecule has 2 heterocycles. The highest BCUT2D eigenvalue weighted by molar-refractivity contribution is 7.08. The fraction of sp³-hybridized carbons (Fsp3) is 0. The maximum Gasteiger partial charge on any atom is 0.213 e. The third-order valence-electron chi connectivity index (χ3n) is 2.06. The molecular formula is C12H6N2S2. The Balaban J connectivity index is 2.61. The van der Waals surface area contributed by atoms with E-state index in [1.165, 1.54) is 22.7 Å². The highest BCUT2D eigenvalue weighted by atomic mass is 32.1. The van der Waals surface area contributed by atoms with E-state index in [0.717, 1.165) is 11.1 Å². The summed E-state index contributed by atoms with van der Waals surface area (Å²) in [6.45, 7) is 7.20. The third kappa shape index (κ3) is 1.90. The first-order valence-corrected chi connectivity index (χ1v) is 6.32. The first kappa shape index (κ1) is 10.6. The molecule has 0 bridgehead atoms. The second-order valence-electron chi connectivity index (χ2n) is 2.97. The van der Waals surface area contributed by atoms with Crippen molar-refractivity contribution in [2.75, 3.05) is 0 Å². The number of thiophene rings is 2. The molecule has 76 valence electrons. The van der Waals surface area contributed by atoms with E-state index in [-0.39, 0.29) is 0 Å². The molecule has 0 radical (unpaired) electrons. The Labute approximate surface area is 102 Å². The number of hydrogen-bond donors (Lipinski definition) is 0. The number of nitriles is 1. The van der Waals surface area contributed by atoms with Gasteiger partial charge in [0.25, 0.3) is 0 Å². The topological polar surface area (TPSA) is 28.1 Å². The molecule has 16 heavy (non-hydrogen) atoms.